The quantitative estimate of drug-likeness (QED) is 0.773. The molecule has 0 heterocycles. The molecule has 0 radical (unpaired) electrons. The second-order valence-corrected chi connectivity index (χ2v) is 6.48. The van der Waals surface area contributed by atoms with Crippen LogP contribution in [0.4, 0.5) is 0 Å². The molecule has 0 saturated heterocycles. The number of nitrogens with one attached hydrogen (secondary N) is 1. The van der Waals surface area contributed by atoms with E-state index in [1.807, 2.05) is 6.92 Å². The van der Waals surface area contributed by atoms with E-state index in [0.717, 1.165) is 6.42 Å². The van der Waals surface area contributed by atoms with Crippen LogP contribution in [0.15, 0.2) is 0 Å². The number of nitrogens with zero attached hydrogens (tertiary/aromatic N) is 1. The second-order valence-electron chi connectivity index (χ2n) is 4.76. The Labute approximate surface area is 107 Å². The summed E-state index contributed by atoms with van der Waals surface area (Å²) in [6.07, 6.45) is 2.92. The van der Waals surface area contributed by atoms with E-state index in [-0.39, 0.29) is 12.8 Å². The lowest BCUT2D eigenvalue weighted by Gasteiger charge is -2.36. The highest BCUT2D eigenvalue weighted by atomic mass is 32.2. The van der Waals surface area contributed by atoms with E-state index in [1.54, 1.807) is 0 Å². The van der Waals surface area contributed by atoms with Gasteiger partial charge in [0.2, 0.25) is 10.0 Å². The summed E-state index contributed by atoms with van der Waals surface area (Å²) in [5, 5.41) is 17.7. The predicted molar refractivity (Wildman–Crippen MR) is 65.2 cm³/mol. The fraction of sp³-hybridized carbons (Fsp3) is 0.818. The van der Waals surface area contributed by atoms with Gasteiger partial charge >= 0.3 is 5.97 Å². The Morgan fingerprint density at radius 2 is 2.06 bits per heavy atom. The van der Waals surface area contributed by atoms with Crippen LogP contribution in [-0.4, -0.2) is 30.8 Å². The molecule has 1 saturated carbocycles. The van der Waals surface area contributed by atoms with Gasteiger partial charge in [-0.2, -0.15) is 9.98 Å². The maximum Gasteiger partial charge on any atom is 0.324 e. The van der Waals surface area contributed by atoms with Crippen molar-refractivity contribution in [1.29, 1.82) is 5.26 Å². The molecule has 0 unspecified atom stereocenters. The summed E-state index contributed by atoms with van der Waals surface area (Å²) in [5.41, 5.74) is -1.43. The number of rotatable bonds is 5. The van der Waals surface area contributed by atoms with E-state index < -0.39 is 27.3 Å². The second kappa shape index (κ2) is 5.67. The number of carboxylic acid groups (broad SMARTS) is 1. The fourth-order valence-corrected chi connectivity index (χ4v) is 3.49. The lowest BCUT2D eigenvalue weighted by Crippen LogP contribution is -2.56. The van der Waals surface area contributed by atoms with Crippen LogP contribution in [0, 0.1) is 17.2 Å². The van der Waals surface area contributed by atoms with E-state index in [2.05, 4.69) is 4.72 Å². The van der Waals surface area contributed by atoms with Crippen LogP contribution in [0.3, 0.4) is 0 Å². The summed E-state index contributed by atoms with van der Waals surface area (Å²) in [6.45, 7) is 2.04. The smallest absolute Gasteiger partial charge is 0.324 e. The average Bonchev–Trinajstić information content (AvgIpc) is 2.29. The van der Waals surface area contributed by atoms with E-state index in [0.29, 0.717) is 18.8 Å². The number of hydrogen-bond donors (Lipinski definition) is 2. The predicted octanol–water partition coefficient (Wildman–Crippen LogP) is 0.853. The normalized spacial score (nSPS) is 28.6. The van der Waals surface area contributed by atoms with Crippen molar-refractivity contribution in [3.8, 4) is 6.07 Å². The van der Waals surface area contributed by atoms with Crippen LogP contribution in [0.25, 0.3) is 0 Å². The Balaban J connectivity index is 2.85. The third-order valence-corrected chi connectivity index (χ3v) is 4.76. The molecule has 0 bridgehead atoms. The number of carboxylic acids is 1. The summed E-state index contributed by atoms with van der Waals surface area (Å²) < 4.78 is 25.3. The molecule has 0 spiro atoms. The monoisotopic (exact) mass is 274 g/mol. The number of aliphatic carboxylic acids is 1. The van der Waals surface area contributed by atoms with Crippen molar-refractivity contribution in [1.82, 2.24) is 4.72 Å². The standard InChI is InChI=1S/C11H18N2O4S/c1-2-9-3-5-11(6-4-9,10(14)15)13-18(16,17)8-7-12/h9,13H,2-6,8H2,1H3,(H,14,15). The fourth-order valence-electron chi connectivity index (χ4n) is 2.36. The van der Waals surface area contributed by atoms with E-state index in [1.165, 1.54) is 6.07 Å². The van der Waals surface area contributed by atoms with Gasteiger partial charge in [-0.3, -0.25) is 4.79 Å². The van der Waals surface area contributed by atoms with Gasteiger partial charge in [-0.1, -0.05) is 13.3 Å². The van der Waals surface area contributed by atoms with Crippen LogP contribution in [0.2, 0.25) is 0 Å². The van der Waals surface area contributed by atoms with Crippen LogP contribution < -0.4 is 4.72 Å². The molecule has 1 rings (SSSR count). The van der Waals surface area contributed by atoms with Crippen molar-refractivity contribution in [3.63, 3.8) is 0 Å². The van der Waals surface area contributed by atoms with Crippen molar-refractivity contribution < 1.29 is 18.3 Å². The first kappa shape index (κ1) is 14.9. The topological polar surface area (TPSA) is 107 Å². The molecule has 0 aliphatic heterocycles. The number of hydrogen-bond acceptors (Lipinski definition) is 4. The first-order valence-corrected chi connectivity index (χ1v) is 7.62. The summed E-state index contributed by atoms with van der Waals surface area (Å²) in [4.78, 5) is 11.3. The van der Waals surface area contributed by atoms with Gasteiger partial charge in [0, 0.05) is 0 Å². The zero-order valence-electron chi connectivity index (χ0n) is 10.3. The van der Waals surface area contributed by atoms with Crippen LogP contribution >= 0.6 is 0 Å². The van der Waals surface area contributed by atoms with Gasteiger partial charge in [-0.05, 0) is 31.6 Å². The van der Waals surface area contributed by atoms with E-state index >= 15 is 0 Å². The minimum Gasteiger partial charge on any atom is -0.480 e. The average molecular weight is 274 g/mol. The zero-order chi connectivity index (χ0) is 13.8. The molecular weight excluding hydrogens is 256 g/mol. The summed E-state index contributed by atoms with van der Waals surface area (Å²) in [6, 6.07) is 1.53. The number of nitriles is 1. The SMILES string of the molecule is CCC1CCC(NS(=O)(=O)CC#N)(C(=O)O)CC1. The van der Waals surface area contributed by atoms with Gasteiger partial charge in [0.15, 0.2) is 5.75 Å². The lowest BCUT2D eigenvalue weighted by atomic mass is 9.76. The van der Waals surface area contributed by atoms with Crippen molar-refractivity contribution in [2.75, 3.05) is 5.75 Å². The molecule has 6 nitrogen and oxygen atoms in total. The highest BCUT2D eigenvalue weighted by Crippen LogP contribution is 2.34. The third-order valence-electron chi connectivity index (χ3n) is 3.55. The van der Waals surface area contributed by atoms with Gasteiger partial charge in [-0.15, -0.1) is 0 Å². The summed E-state index contributed by atoms with van der Waals surface area (Å²) in [7, 11) is -3.85. The largest absolute Gasteiger partial charge is 0.480 e. The van der Waals surface area contributed by atoms with Gasteiger partial charge in [0.25, 0.3) is 0 Å². The first-order valence-electron chi connectivity index (χ1n) is 5.97. The molecule has 0 aromatic carbocycles. The Morgan fingerprint density at radius 3 is 2.44 bits per heavy atom. The Kier molecular flexibility index (Phi) is 4.71. The molecule has 18 heavy (non-hydrogen) atoms. The molecule has 0 aromatic rings. The highest BCUT2D eigenvalue weighted by molar-refractivity contribution is 7.89. The molecule has 0 aromatic heterocycles. The molecule has 0 amide bonds. The van der Waals surface area contributed by atoms with Gasteiger partial charge in [0.05, 0.1) is 6.07 Å². The maximum atomic E-state index is 11.6. The molecule has 0 atom stereocenters. The molecule has 7 heteroatoms. The van der Waals surface area contributed by atoms with Crippen LogP contribution in [0.5, 0.6) is 0 Å². The number of sulfonamides is 1. The van der Waals surface area contributed by atoms with Crippen LogP contribution in [0.1, 0.15) is 39.0 Å². The summed E-state index contributed by atoms with van der Waals surface area (Å²) in [5.74, 6) is -1.41. The van der Waals surface area contributed by atoms with Crippen molar-refractivity contribution in [3.05, 3.63) is 0 Å². The molecule has 2 N–H and O–H groups in total. The van der Waals surface area contributed by atoms with Gasteiger partial charge < -0.3 is 5.11 Å². The lowest BCUT2D eigenvalue weighted by molar-refractivity contribution is -0.145. The first-order chi connectivity index (χ1) is 8.35. The van der Waals surface area contributed by atoms with Gasteiger partial charge in [0.1, 0.15) is 5.54 Å². The minimum absolute atomic E-state index is 0.283. The minimum atomic E-state index is -3.85. The molecule has 1 fully saturated rings. The van der Waals surface area contributed by atoms with Gasteiger partial charge in [-0.25, -0.2) is 8.42 Å². The van der Waals surface area contributed by atoms with Crippen molar-refractivity contribution in [2.45, 2.75) is 44.6 Å². The number of carbonyl (C=O) groups is 1. The van der Waals surface area contributed by atoms with Crippen molar-refractivity contribution >= 4 is 16.0 Å². The summed E-state index contributed by atoms with van der Waals surface area (Å²) >= 11 is 0. The zero-order valence-corrected chi connectivity index (χ0v) is 11.2. The van der Waals surface area contributed by atoms with Crippen molar-refractivity contribution in [2.24, 2.45) is 5.92 Å². The molecule has 1 aliphatic carbocycles. The molecular formula is C11H18N2O4S. The van der Waals surface area contributed by atoms with E-state index in [9.17, 15) is 18.3 Å². The maximum absolute atomic E-state index is 11.6. The Bertz CT molecular complexity index is 444. The molecule has 102 valence electrons. The van der Waals surface area contributed by atoms with E-state index in [4.69, 9.17) is 5.26 Å². The Hall–Kier alpha value is -1.13. The van der Waals surface area contributed by atoms with Crippen LogP contribution in [-0.2, 0) is 14.8 Å². The molecule has 1 aliphatic rings. The third kappa shape index (κ3) is 3.43. The Morgan fingerprint density at radius 1 is 1.50 bits per heavy atom. The highest BCUT2D eigenvalue weighted by Gasteiger charge is 2.44.